The lowest BCUT2D eigenvalue weighted by Gasteiger charge is -2.06. The van der Waals surface area contributed by atoms with Crippen LogP contribution in [0.25, 0.3) is 0 Å². The zero-order valence-corrected chi connectivity index (χ0v) is 7.58. The smallest absolute Gasteiger partial charge is 0.124 e. The van der Waals surface area contributed by atoms with E-state index in [1.165, 1.54) is 6.07 Å². The van der Waals surface area contributed by atoms with Crippen LogP contribution in [0.15, 0.2) is 23.1 Å². The number of rotatable bonds is 1. The third kappa shape index (κ3) is 2.07. The third-order valence-electron chi connectivity index (χ3n) is 1.45. The van der Waals surface area contributed by atoms with Gasteiger partial charge in [0.15, 0.2) is 0 Å². The number of hydrogen-bond acceptors (Lipinski definition) is 5. The predicted octanol–water partition coefficient (Wildman–Crippen LogP) is 0.334. The number of nitriles is 2. The third-order valence-corrected chi connectivity index (χ3v) is 2.27. The second kappa shape index (κ2) is 3.46. The average molecular weight is 207 g/mol. The van der Waals surface area contributed by atoms with Crippen LogP contribution in [0.2, 0.25) is 0 Å². The lowest BCUT2D eigenvalue weighted by Crippen LogP contribution is -1.99. The SMILES string of the molecule is N#Cc1cc(C#N)cc(S(=O)(=O)[O-])c1. The molecular formula is C8H3N2O3S-. The van der Waals surface area contributed by atoms with Gasteiger partial charge >= 0.3 is 0 Å². The van der Waals surface area contributed by atoms with Crippen LogP contribution in [0.4, 0.5) is 0 Å². The molecule has 0 bridgehead atoms. The summed E-state index contributed by atoms with van der Waals surface area (Å²) in [5.41, 5.74) is -0.0584. The Hall–Kier alpha value is -1.89. The van der Waals surface area contributed by atoms with Gasteiger partial charge in [0.2, 0.25) is 0 Å². The Morgan fingerprint density at radius 1 is 1.07 bits per heavy atom. The highest BCUT2D eigenvalue weighted by Crippen LogP contribution is 2.13. The summed E-state index contributed by atoms with van der Waals surface area (Å²) in [5, 5.41) is 17.0. The van der Waals surface area contributed by atoms with Crippen LogP contribution in [0.1, 0.15) is 11.1 Å². The monoisotopic (exact) mass is 207 g/mol. The van der Waals surface area contributed by atoms with Crippen LogP contribution < -0.4 is 0 Å². The molecule has 0 fully saturated rings. The molecule has 1 rings (SSSR count). The van der Waals surface area contributed by atoms with Crippen molar-refractivity contribution in [3.63, 3.8) is 0 Å². The van der Waals surface area contributed by atoms with E-state index in [4.69, 9.17) is 10.5 Å². The zero-order valence-electron chi connectivity index (χ0n) is 6.76. The molecule has 1 aromatic rings. The first-order valence-corrected chi connectivity index (χ1v) is 4.79. The summed E-state index contributed by atoms with van der Waals surface area (Å²) in [6, 6.07) is 6.39. The Balaban J connectivity index is 3.51. The largest absolute Gasteiger partial charge is 0.744 e. The van der Waals surface area contributed by atoms with Crippen LogP contribution in [0, 0.1) is 22.7 Å². The zero-order chi connectivity index (χ0) is 10.8. The molecule has 0 atom stereocenters. The molecule has 0 aliphatic heterocycles. The normalized spacial score (nSPS) is 10.2. The summed E-state index contributed by atoms with van der Waals surface area (Å²) in [4.78, 5) is -0.562. The first-order valence-electron chi connectivity index (χ1n) is 3.38. The van der Waals surface area contributed by atoms with Gasteiger partial charge < -0.3 is 4.55 Å². The maximum absolute atomic E-state index is 10.6. The first-order chi connectivity index (χ1) is 6.47. The summed E-state index contributed by atoms with van der Waals surface area (Å²) in [5.74, 6) is 0. The minimum Gasteiger partial charge on any atom is -0.744 e. The van der Waals surface area contributed by atoms with E-state index in [-0.39, 0.29) is 11.1 Å². The van der Waals surface area contributed by atoms with Gasteiger partial charge in [-0.3, -0.25) is 0 Å². The van der Waals surface area contributed by atoms with E-state index in [0.717, 1.165) is 12.1 Å². The Bertz CT molecular complexity index is 517. The number of benzene rings is 1. The lowest BCUT2D eigenvalue weighted by molar-refractivity contribution is 0.463. The molecule has 0 aliphatic carbocycles. The molecule has 0 radical (unpaired) electrons. The molecule has 0 amide bonds. The highest BCUT2D eigenvalue weighted by molar-refractivity contribution is 7.85. The summed E-state index contributed by atoms with van der Waals surface area (Å²) < 4.78 is 31.8. The van der Waals surface area contributed by atoms with Gasteiger partial charge in [-0.2, -0.15) is 10.5 Å². The summed E-state index contributed by atoms with van der Waals surface area (Å²) in [6.45, 7) is 0. The van der Waals surface area contributed by atoms with Crippen LogP contribution in [0.5, 0.6) is 0 Å². The van der Waals surface area contributed by atoms with Crippen molar-refractivity contribution in [3.05, 3.63) is 29.3 Å². The Kier molecular flexibility index (Phi) is 2.52. The second-order valence-corrected chi connectivity index (χ2v) is 3.80. The molecule has 0 spiro atoms. The number of hydrogen-bond donors (Lipinski definition) is 0. The molecule has 0 saturated heterocycles. The van der Waals surface area contributed by atoms with Crippen LogP contribution in [-0.2, 0) is 10.1 Å². The van der Waals surface area contributed by atoms with Crippen molar-refractivity contribution in [2.75, 3.05) is 0 Å². The molecule has 1 aromatic carbocycles. The van der Waals surface area contributed by atoms with Crippen molar-refractivity contribution in [2.45, 2.75) is 4.90 Å². The van der Waals surface area contributed by atoms with Crippen LogP contribution >= 0.6 is 0 Å². The fourth-order valence-electron chi connectivity index (χ4n) is 0.872. The maximum atomic E-state index is 10.6. The minimum absolute atomic E-state index is 0.0292. The van der Waals surface area contributed by atoms with Gasteiger partial charge in [0, 0.05) is 0 Å². The molecule has 0 heterocycles. The van der Waals surface area contributed by atoms with Crippen molar-refractivity contribution in [3.8, 4) is 12.1 Å². The van der Waals surface area contributed by atoms with E-state index in [1.54, 1.807) is 12.1 Å². The van der Waals surface area contributed by atoms with E-state index in [2.05, 4.69) is 0 Å². The van der Waals surface area contributed by atoms with E-state index in [1.807, 2.05) is 0 Å². The molecule has 70 valence electrons. The van der Waals surface area contributed by atoms with Crippen molar-refractivity contribution in [1.29, 1.82) is 10.5 Å². The molecular weight excluding hydrogens is 204 g/mol. The van der Waals surface area contributed by atoms with Crippen molar-refractivity contribution in [1.82, 2.24) is 0 Å². The van der Waals surface area contributed by atoms with Crippen molar-refractivity contribution in [2.24, 2.45) is 0 Å². The fraction of sp³-hybridized carbons (Fsp3) is 0. The van der Waals surface area contributed by atoms with E-state index in [0.29, 0.717) is 0 Å². The summed E-state index contributed by atoms with van der Waals surface area (Å²) in [6.07, 6.45) is 0. The maximum Gasteiger partial charge on any atom is 0.124 e. The summed E-state index contributed by atoms with van der Waals surface area (Å²) >= 11 is 0. The van der Waals surface area contributed by atoms with Gasteiger partial charge in [0.25, 0.3) is 0 Å². The molecule has 0 saturated carbocycles. The summed E-state index contributed by atoms with van der Waals surface area (Å²) in [7, 11) is -4.62. The first kappa shape index (κ1) is 10.2. The number of nitrogens with zero attached hydrogens (tertiary/aromatic N) is 2. The standard InChI is InChI=1S/C8H4N2O3S/c9-4-6-1-7(5-10)3-8(2-6)14(11,12)13/h1-3H,(H,11,12,13)/p-1. The predicted molar refractivity (Wildman–Crippen MR) is 43.8 cm³/mol. The van der Waals surface area contributed by atoms with Gasteiger partial charge in [-0.05, 0) is 18.2 Å². The molecule has 0 aromatic heterocycles. The molecule has 6 heteroatoms. The van der Waals surface area contributed by atoms with Crippen molar-refractivity contribution < 1.29 is 13.0 Å². The molecule has 14 heavy (non-hydrogen) atoms. The van der Waals surface area contributed by atoms with Gasteiger partial charge in [-0.1, -0.05) is 0 Å². The molecule has 0 unspecified atom stereocenters. The Labute approximate surface area is 80.6 Å². The minimum atomic E-state index is -4.62. The van der Waals surface area contributed by atoms with E-state index < -0.39 is 15.0 Å². The lowest BCUT2D eigenvalue weighted by atomic mass is 10.1. The molecule has 0 N–H and O–H groups in total. The average Bonchev–Trinajstić information content (AvgIpc) is 2.15. The highest BCUT2D eigenvalue weighted by Gasteiger charge is 2.05. The highest BCUT2D eigenvalue weighted by atomic mass is 32.2. The van der Waals surface area contributed by atoms with Crippen molar-refractivity contribution >= 4 is 10.1 Å². The van der Waals surface area contributed by atoms with Gasteiger partial charge in [0.05, 0.1) is 28.2 Å². The Morgan fingerprint density at radius 2 is 1.50 bits per heavy atom. The fourth-order valence-corrected chi connectivity index (χ4v) is 1.42. The topological polar surface area (TPSA) is 105 Å². The Morgan fingerprint density at radius 3 is 1.79 bits per heavy atom. The molecule has 5 nitrogen and oxygen atoms in total. The van der Waals surface area contributed by atoms with Gasteiger partial charge in [-0.15, -0.1) is 0 Å². The van der Waals surface area contributed by atoms with Gasteiger partial charge in [0.1, 0.15) is 10.1 Å². The van der Waals surface area contributed by atoms with E-state index >= 15 is 0 Å². The quantitative estimate of drug-likeness (QED) is 0.617. The van der Waals surface area contributed by atoms with Gasteiger partial charge in [-0.25, -0.2) is 8.42 Å². The van der Waals surface area contributed by atoms with Crippen LogP contribution in [-0.4, -0.2) is 13.0 Å². The molecule has 0 aliphatic rings. The van der Waals surface area contributed by atoms with Crippen LogP contribution in [0.3, 0.4) is 0 Å². The van der Waals surface area contributed by atoms with E-state index in [9.17, 15) is 13.0 Å². The second-order valence-electron chi connectivity index (χ2n) is 2.42.